The third kappa shape index (κ3) is 0.838. The zero-order valence-electron chi connectivity index (χ0n) is 4.47. The van der Waals surface area contributed by atoms with E-state index in [0.29, 0.717) is 0 Å². The Hall–Kier alpha value is -0.700. The summed E-state index contributed by atoms with van der Waals surface area (Å²) in [5.41, 5.74) is 2.92. The molecular formula is C4H8N3. The van der Waals surface area contributed by atoms with Crippen LogP contribution in [0.2, 0.25) is 0 Å². The Morgan fingerprint density at radius 2 is 2.29 bits per heavy atom. The molecule has 0 aromatic carbocycles. The van der Waals surface area contributed by atoms with Crippen molar-refractivity contribution in [2.45, 2.75) is 0 Å². The normalized spacial score (nSPS) is 19.1. The van der Waals surface area contributed by atoms with Crippen LogP contribution in [0.25, 0.3) is 0 Å². The summed E-state index contributed by atoms with van der Waals surface area (Å²) in [6.45, 7) is 0. The maximum absolute atomic E-state index is 2.92. The molecule has 0 aliphatic carbocycles. The summed E-state index contributed by atoms with van der Waals surface area (Å²) in [7, 11) is 3.80. The fourth-order valence-electron chi connectivity index (χ4n) is 0.468. The van der Waals surface area contributed by atoms with Gasteiger partial charge in [-0.2, -0.15) is 0 Å². The Morgan fingerprint density at radius 1 is 1.57 bits per heavy atom. The molecule has 1 N–H and O–H groups in total. The zero-order chi connectivity index (χ0) is 5.28. The van der Waals surface area contributed by atoms with E-state index in [9.17, 15) is 0 Å². The first-order valence-electron chi connectivity index (χ1n) is 2.11. The molecule has 0 amide bonds. The first-order chi connectivity index (χ1) is 3.29. The molecule has 1 radical (unpaired) electrons. The van der Waals surface area contributed by atoms with Crippen LogP contribution in [-0.2, 0) is 0 Å². The van der Waals surface area contributed by atoms with E-state index in [-0.39, 0.29) is 0 Å². The van der Waals surface area contributed by atoms with E-state index in [0.717, 1.165) is 0 Å². The van der Waals surface area contributed by atoms with Crippen LogP contribution in [0.1, 0.15) is 0 Å². The van der Waals surface area contributed by atoms with Crippen LogP contribution in [0.3, 0.4) is 0 Å². The van der Waals surface area contributed by atoms with E-state index in [4.69, 9.17) is 0 Å². The molecule has 39 valence electrons. The lowest BCUT2D eigenvalue weighted by atomic mass is 10.9. The lowest BCUT2D eigenvalue weighted by molar-refractivity contribution is 0.187. The fraction of sp³-hybridized carbons (Fsp3) is 0.500. The van der Waals surface area contributed by atoms with Crippen LogP contribution < -0.4 is 5.53 Å². The minimum Gasteiger partial charge on any atom is -0.299 e. The van der Waals surface area contributed by atoms with Crippen LogP contribution >= 0.6 is 0 Å². The second-order valence-electron chi connectivity index (χ2n) is 1.53. The highest BCUT2D eigenvalue weighted by Gasteiger charge is 1.99. The van der Waals surface area contributed by atoms with Crippen LogP contribution in [-0.4, -0.2) is 24.1 Å². The Bertz CT molecular complexity index is 78.9. The Morgan fingerprint density at radius 3 is 2.43 bits per heavy atom. The van der Waals surface area contributed by atoms with Crippen molar-refractivity contribution in [2.75, 3.05) is 14.1 Å². The van der Waals surface area contributed by atoms with Crippen molar-refractivity contribution >= 4 is 0 Å². The molecule has 0 bridgehead atoms. The van der Waals surface area contributed by atoms with Gasteiger partial charge in [0.05, 0.1) is 6.20 Å². The summed E-state index contributed by atoms with van der Waals surface area (Å²) in [4.78, 5) is 0. The number of hydrazine groups is 2. The SMILES string of the molecule is CN1[C]=CN(C)N1. The molecule has 1 aliphatic heterocycles. The highest BCUT2D eigenvalue weighted by Crippen LogP contribution is 1.88. The van der Waals surface area contributed by atoms with Crippen molar-refractivity contribution in [3.63, 3.8) is 0 Å². The van der Waals surface area contributed by atoms with Gasteiger partial charge in [0.15, 0.2) is 0 Å². The van der Waals surface area contributed by atoms with E-state index in [1.807, 2.05) is 25.3 Å². The first kappa shape index (κ1) is 4.46. The van der Waals surface area contributed by atoms with E-state index in [2.05, 4.69) is 11.7 Å². The third-order valence-electron chi connectivity index (χ3n) is 0.753. The van der Waals surface area contributed by atoms with Gasteiger partial charge in [0.1, 0.15) is 0 Å². The molecule has 3 heteroatoms. The molecule has 0 unspecified atom stereocenters. The van der Waals surface area contributed by atoms with Gasteiger partial charge in [-0.25, -0.2) is 0 Å². The van der Waals surface area contributed by atoms with Crippen molar-refractivity contribution < 1.29 is 0 Å². The number of nitrogens with one attached hydrogen (secondary N) is 1. The zero-order valence-corrected chi connectivity index (χ0v) is 4.47. The number of nitrogens with zero attached hydrogens (tertiary/aromatic N) is 2. The predicted molar refractivity (Wildman–Crippen MR) is 26.5 cm³/mol. The molecule has 3 nitrogen and oxygen atoms in total. The Kier molecular flexibility index (Phi) is 0.906. The minimum absolute atomic E-state index is 1.75. The minimum atomic E-state index is 1.75. The molecule has 0 spiro atoms. The Balaban J connectivity index is 2.42. The summed E-state index contributed by atoms with van der Waals surface area (Å²) in [5.74, 6) is 0. The van der Waals surface area contributed by atoms with Gasteiger partial charge in [0.2, 0.25) is 0 Å². The lowest BCUT2D eigenvalue weighted by Crippen LogP contribution is -2.33. The molecule has 0 aromatic heterocycles. The van der Waals surface area contributed by atoms with Gasteiger partial charge in [0, 0.05) is 20.3 Å². The molecule has 0 fully saturated rings. The quantitative estimate of drug-likeness (QED) is 0.443. The highest BCUT2D eigenvalue weighted by molar-refractivity contribution is 4.73. The van der Waals surface area contributed by atoms with Crippen LogP contribution in [0.5, 0.6) is 0 Å². The van der Waals surface area contributed by atoms with Crippen molar-refractivity contribution in [3.8, 4) is 0 Å². The van der Waals surface area contributed by atoms with Crippen LogP contribution in [0.15, 0.2) is 6.20 Å². The molecule has 0 atom stereocenters. The summed E-state index contributed by atoms with van der Waals surface area (Å²) >= 11 is 0. The fourth-order valence-corrected chi connectivity index (χ4v) is 0.468. The van der Waals surface area contributed by atoms with E-state index < -0.39 is 0 Å². The van der Waals surface area contributed by atoms with Gasteiger partial charge in [0.25, 0.3) is 0 Å². The monoisotopic (exact) mass is 98.1 g/mol. The van der Waals surface area contributed by atoms with E-state index in [1.54, 1.807) is 5.01 Å². The molecule has 1 heterocycles. The summed E-state index contributed by atoms with van der Waals surface area (Å²) in [6, 6.07) is 0. The summed E-state index contributed by atoms with van der Waals surface area (Å²) < 4.78 is 0. The second kappa shape index (κ2) is 1.42. The lowest BCUT2D eigenvalue weighted by Gasteiger charge is -2.12. The molecule has 1 aliphatic rings. The average Bonchev–Trinajstić information content (AvgIpc) is 1.87. The molecule has 0 aromatic rings. The maximum Gasteiger partial charge on any atom is 0.0971 e. The average molecular weight is 98.1 g/mol. The second-order valence-corrected chi connectivity index (χ2v) is 1.53. The predicted octanol–water partition coefficient (Wildman–Crippen LogP) is -0.442. The molecular weight excluding hydrogens is 90.1 g/mol. The first-order valence-corrected chi connectivity index (χ1v) is 2.11. The number of rotatable bonds is 0. The van der Waals surface area contributed by atoms with E-state index in [1.165, 1.54) is 0 Å². The van der Waals surface area contributed by atoms with Gasteiger partial charge in [-0.05, 0) is 0 Å². The van der Waals surface area contributed by atoms with Gasteiger partial charge in [-0.1, -0.05) is 0 Å². The smallest absolute Gasteiger partial charge is 0.0971 e. The van der Waals surface area contributed by atoms with Gasteiger partial charge in [-0.15, -0.1) is 5.53 Å². The van der Waals surface area contributed by atoms with Gasteiger partial charge in [-0.3, -0.25) is 10.0 Å². The maximum atomic E-state index is 2.92. The third-order valence-corrected chi connectivity index (χ3v) is 0.753. The van der Waals surface area contributed by atoms with Crippen molar-refractivity contribution in [2.24, 2.45) is 0 Å². The standard InChI is InChI=1S/C4H8N3/c1-6-3-4-7(2)5-6/h3,5H,1-2H3. The molecule has 0 saturated carbocycles. The highest BCUT2D eigenvalue weighted by atomic mass is 15.8. The molecule has 0 saturated heterocycles. The molecule has 1 rings (SSSR count). The number of hydrogen-bond donors (Lipinski definition) is 1. The van der Waals surface area contributed by atoms with Crippen molar-refractivity contribution in [3.05, 3.63) is 12.4 Å². The summed E-state index contributed by atoms with van der Waals surface area (Å²) in [6.07, 6.45) is 4.71. The van der Waals surface area contributed by atoms with Gasteiger partial charge >= 0.3 is 0 Å². The largest absolute Gasteiger partial charge is 0.299 e. The Labute approximate surface area is 43.1 Å². The van der Waals surface area contributed by atoms with Gasteiger partial charge < -0.3 is 0 Å². The van der Waals surface area contributed by atoms with Crippen molar-refractivity contribution in [1.29, 1.82) is 0 Å². The van der Waals surface area contributed by atoms with E-state index >= 15 is 0 Å². The van der Waals surface area contributed by atoms with Crippen LogP contribution in [0, 0.1) is 6.20 Å². The van der Waals surface area contributed by atoms with Crippen LogP contribution in [0.4, 0.5) is 0 Å². The summed E-state index contributed by atoms with van der Waals surface area (Å²) in [5, 5.41) is 3.57. The van der Waals surface area contributed by atoms with Crippen molar-refractivity contribution in [1.82, 2.24) is 15.6 Å². The number of hydrogen-bond acceptors (Lipinski definition) is 3. The molecule has 7 heavy (non-hydrogen) atoms. The topological polar surface area (TPSA) is 18.5 Å².